The number of thiophene rings is 1. The van der Waals surface area contributed by atoms with E-state index in [1.54, 1.807) is 0 Å². The fourth-order valence-electron chi connectivity index (χ4n) is 6.48. The van der Waals surface area contributed by atoms with Crippen LogP contribution in [0.4, 0.5) is 0 Å². The maximum atomic E-state index is 4.52. The number of para-hydroxylation sites is 3. The highest BCUT2D eigenvalue weighted by molar-refractivity contribution is 7.27. The first-order chi connectivity index (χ1) is 19.4. The fourth-order valence-corrected chi connectivity index (χ4v) is 7.74. The molecule has 0 aliphatic heterocycles. The van der Waals surface area contributed by atoms with Crippen molar-refractivity contribution in [3.05, 3.63) is 128 Å². The molecule has 3 nitrogen and oxygen atoms in total. The Hall–Kier alpha value is -4.93. The Labute approximate surface area is 227 Å². The van der Waals surface area contributed by atoms with Crippen molar-refractivity contribution in [2.24, 2.45) is 0 Å². The second kappa shape index (κ2) is 7.79. The van der Waals surface area contributed by atoms with E-state index in [4.69, 9.17) is 0 Å². The third kappa shape index (κ3) is 2.73. The molecule has 0 aliphatic carbocycles. The Morgan fingerprint density at radius 2 is 1.05 bits per heavy atom. The van der Waals surface area contributed by atoms with E-state index in [0.29, 0.717) is 0 Å². The van der Waals surface area contributed by atoms with Crippen molar-refractivity contribution in [3.8, 4) is 11.4 Å². The van der Waals surface area contributed by atoms with Gasteiger partial charge < -0.3 is 9.13 Å². The standard InChI is InChI=1S/C35H21N3S/c1-2-11-22(12-3-1)37-28-18-8-5-15-25(28)31-33(37)30-24-14-4-7-17-27(24)38(23-13-10-20-36-21-23)34(30)32-26-16-6-9-19-29(26)39-35(31)32/h1-21H. The first kappa shape index (κ1) is 21.1. The van der Waals surface area contributed by atoms with Crippen LogP contribution in [0, 0.1) is 0 Å². The summed E-state index contributed by atoms with van der Waals surface area (Å²) in [7, 11) is 0. The lowest BCUT2D eigenvalue weighted by molar-refractivity contribution is 1.14. The van der Waals surface area contributed by atoms with Crippen LogP contribution in [0.1, 0.15) is 0 Å². The highest BCUT2D eigenvalue weighted by Gasteiger charge is 2.26. The Bertz CT molecular complexity index is 2300. The van der Waals surface area contributed by atoms with E-state index < -0.39 is 0 Å². The summed E-state index contributed by atoms with van der Waals surface area (Å²) in [6, 6.07) is 41.5. The van der Waals surface area contributed by atoms with Crippen molar-refractivity contribution in [2.75, 3.05) is 0 Å². The zero-order valence-corrected chi connectivity index (χ0v) is 21.7. The summed E-state index contributed by atoms with van der Waals surface area (Å²) in [5.74, 6) is 0. The van der Waals surface area contributed by atoms with Gasteiger partial charge in [0.05, 0.1) is 34.0 Å². The Morgan fingerprint density at radius 3 is 1.77 bits per heavy atom. The molecule has 0 atom stereocenters. The molecule has 0 fully saturated rings. The number of pyridine rings is 1. The van der Waals surface area contributed by atoms with Gasteiger partial charge in [0.15, 0.2) is 0 Å². The maximum absolute atomic E-state index is 4.52. The van der Waals surface area contributed by atoms with Crippen molar-refractivity contribution in [2.45, 2.75) is 0 Å². The van der Waals surface area contributed by atoms with Gasteiger partial charge in [-0.3, -0.25) is 4.98 Å². The summed E-state index contributed by atoms with van der Waals surface area (Å²) in [4.78, 5) is 4.52. The van der Waals surface area contributed by atoms with Crippen LogP contribution in [0.2, 0.25) is 0 Å². The number of rotatable bonds is 2. The molecular formula is C35H21N3S. The van der Waals surface area contributed by atoms with E-state index in [2.05, 4.69) is 123 Å². The second-order valence-corrected chi connectivity index (χ2v) is 11.1. The summed E-state index contributed by atoms with van der Waals surface area (Å²) in [6.07, 6.45) is 3.82. The molecule has 0 aliphatic rings. The molecule has 4 heteroatoms. The second-order valence-electron chi connectivity index (χ2n) is 10.0. The van der Waals surface area contributed by atoms with Gasteiger partial charge in [-0.25, -0.2) is 0 Å². The summed E-state index contributed by atoms with van der Waals surface area (Å²) in [6.45, 7) is 0. The molecule has 0 bridgehead atoms. The predicted molar refractivity (Wildman–Crippen MR) is 166 cm³/mol. The molecule has 4 aromatic heterocycles. The van der Waals surface area contributed by atoms with Gasteiger partial charge in [-0.05, 0) is 42.5 Å². The summed E-state index contributed by atoms with van der Waals surface area (Å²) in [5.41, 5.74) is 7.16. The van der Waals surface area contributed by atoms with Crippen molar-refractivity contribution >= 4 is 75.1 Å². The zero-order valence-electron chi connectivity index (χ0n) is 20.9. The molecule has 9 rings (SSSR count). The first-order valence-electron chi connectivity index (χ1n) is 13.2. The van der Waals surface area contributed by atoms with Gasteiger partial charge in [0, 0.05) is 53.6 Å². The smallest absolute Gasteiger partial charge is 0.0656 e. The Kier molecular flexibility index (Phi) is 4.21. The number of hydrogen-bond acceptors (Lipinski definition) is 2. The van der Waals surface area contributed by atoms with E-state index in [1.807, 2.05) is 29.8 Å². The zero-order chi connectivity index (χ0) is 25.5. The van der Waals surface area contributed by atoms with Crippen LogP contribution < -0.4 is 0 Å². The van der Waals surface area contributed by atoms with Gasteiger partial charge in [0.25, 0.3) is 0 Å². The molecule has 39 heavy (non-hydrogen) atoms. The topological polar surface area (TPSA) is 22.8 Å². The summed E-state index contributed by atoms with van der Waals surface area (Å²) >= 11 is 1.90. The monoisotopic (exact) mass is 515 g/mol. The average molecular weight is 516 g/mol. The molecule has 0 unspecified atom stereocenters. The Balaban J connectivity index is 1.70. The van der Waals surface area contributed by atoms with Crippen LogP contribution in [-0.2, 0) is 0 Å². The third-order valence-corrected chi connectivity index (χ3v) is 9.15. The Morgan fingerprint density at radius 1 is 0.487 bits per heavy atom. The molecule has 182 valence electrons. The largest absolute Gasteiger partial charge is 0.308 e. The maximum Gasteiger partial charge on any atom is 0.0656 e. The lowest BCUT2D eigenvalue weighted by atomic mass is 10.0. The van der Waals surface area contributed by atoms with Crippen LogP contribution in [0.3, 0.4) is 0 Å². The van der Waals surface area contributed by atoms with Gasteiger partial charge in [0.1, 0.15) is 0 Å². The van der Waals surface area contributed by atoms with E-state index in [1.165, 1.54) is 69.5 Å². The number of hydrogen-bond donors (Lipinski definition) is 0. The minimum Gasteiger partial charge on any atom is -0.308 e. The van der Waals surface area contributed by atoms with Gasteiger partial charge in [-0.2, -0.15) is 0 Å². The van der Waals surface area contributed by atoms with E-state index >= 15 is 0 Å². The number of aromatic nitrogens is 3. The summed E-state index contributed by atoms with van der Waals surface area (Å²) in [5, 5.41) is 7.75. The first-order valence-corrected chi connectivity index (χ1v) is 14.0. The predicted octanol–water partition coefficient (Wildman–Crippen LogP) is 9.64. The van der Waals surface area contributed by atoms with Crippen LogP contribution >= 0.6 is 11.3 Å². The average Bonchev–Trinajstić information content (AvgIpc) is 3.66. The van der Waals surface area contributed by atoms with Crippen LogP contribution in [-0.4, -0.2) is 14.1 Å². The van der Waals surface area contributed by atoms with Gasteiger partial charge in [-0.15, -0.1) is 11.3 Å². The van der Waals surface area contributed by atoms with Crippen LogP contribution in [0.25, 0.3) is 75.2 Å². The van der Waals surface area contributed by atoms with E-state index in [9.17, 15) is 0 Å². The van der Waals surface area contributed by atoms with Crippen LogP contribution in [0.15, 0.2) is 128 Å². The molecule has 4 heterocycles. The summed E-state index contributed by atoms with van der Waals surface area (Å²) < 4.78 is 7.53. The fraction of sp³-hybridized carbons (Fsp3) is 0. The third-order valence-electron chi connectivity index (χ3n) is 7.96. The number of nitrogens with zero attached hydrogens (tertiary/aromatic N) is 3. The lowest BCUT2D eigenvalue weighted by Gasteiger charge is -2.11. The van der Waals surface area contributed by atoms with Crippen molar-refractivity contribution in [1.29, 1.82) is 0 Å². The van der Waals surface area contributed by atoms with Crippen molar-refractivity contribution < 1.29 is 0 Å². The minimum atomic E-state index is 1.07. The molecule has 0 radical (unpaired) electrons. The molecule has 0 saturated heterocycles. The van der Waals surface area contributed by atoms with E-state index in [0.717, 1.165) is 5.69 Å². The molecule has 0 saturated carbocycles. The SMILES string of the molecule is c1ccc(-n2c3ccccc3c3c4sc5ccccc5c4c4c(c5ccccc5n4-c4cccnc4)c32)cc1. The van der Waals surface area contributed by atoms with Gasteiger partial charge >= 0.3 is 0 Å². The lowest BCUT2D eigenvalue weighted by Crippen LogP contribution is -1.96. The molecular weight excluding hydrogens is 494 g/mol. The van der Waals surface area contributed by atoms with Crippen molar-refractivity contribution in [1.82, 2.24) is 14.1 Å². The highest BCUT2D eigenvalue weighted by atomic mass is 32.1. The van der Waals surface area contributed by atoms with Gasteiger partial charge in [-0.1, -0.05) is 72.8 Å². The highest BCUT2D eigenvalue weighted by Crippen LogP contribution is 2.50. The molecule has 5 aromatic carbocycles. The normalized spacial score (nSPS) is 12.1. The van der Waals surface area contributed by atoms with Crippen molar-refractivity contribution in [3.63, 3.8) is 0 Å². The minimum absolute atomic E-state index is 1.07. The van der Waals surface area contributed by atoms with Crippen LogP contribution in [0.5, 0.6) is 0 Å². The quantitative estimate of drug-likeness (QED) is 0.225. The molecule has 9 aromatic rings. The number of benzene rings is 5. The molecule has 0 N–H and O–H groups in total. The number of fused-ring (bicyclic) bond motifs is 12. The van der Waals surface area contributed by atoms with Gasteiger partial charge in [0.2, 0.25) is 0 Å². The molecule has 0 amide bonds. The van der Waals surface area contributed by atoms with E-state index in [-0.39, 0.29) is 0 Å². The molecule has 0 spiro atoms.